The van der Waals surface area contributed by atoms with Gasteiger partial charge in [-0.2, -0.15) is 23.5 Å². The molecule has 12 heavy (non-hydrogen) atoms. The number of hydrogen-bond acceptors (Lipinski definition) is 3. The normalized spacial score (nSPS) is 22.1. The van der Waals surface area contributed by atoms with Crippen LogP contribution >= 0.6 is 23.5 Å². The van der Waals surface area contributed by atoms with E-state index in [0.717, 1.165) is 24.3 Å². The number of thioether (sulfide) groups is 2. The first kappa shape index (κ1) is 10.3. The van der Waals surface area contributed by atoms with Crippen molar-refractivity contribution in [2.24, 2.45) is 0 Å². The minimum Gasteiger partial charge on any atom is -0.481 e. The summed E-state index contributed by atoms with van der Waals surface area (Å²) in [5.41, 5.74) is 0. The molecule has 1 aliphatic rings. The molecule has 0 spiro atoms. The van der Waals surface area contributed by atoms with E-state index < -0.39 is 5.97 Å². The van der Waals surface area contributed by atoms with Gasteiger partial charge in [-0.25, -0.2) is 0 Å². The predicted octanol–water partition coefficient (Wildman–Crippen LogP) is 2.09. The fraction of sp³-hybridized carbons (Fsp3) is 0.875. The summed E-state index contributed by atoms with van der Waals surface area (Å²) in [5, 5.41) is 8.74. The Morgan fingerprint density at radius 1 is 1.58 bits per heavy atom. The van der Waals surface area contributed by atoms with Crippen LogP contribution in [0.1, 0.15) is 19.3 Å². The van der Waals surface area contributed by atoms with E-state index in [1.54, 1.807) is 11.8 Å². The van der Waals surface area contributed by atoms with Crippen LogP contribution in [-0.4, -0.2) is 33.6 Å². The van der Waals surface area contributed by atoms with Gasteiger partial charge < -0.3 is 5.11 Å². The third kappa shape index (κ3) is 2.59. The predicted molar refractivity (Wildman–Crippen MR) is 55.1 cm³/mol. The van der Waals surface area contributed by atoms with Crippen molar-refractivity contribution in [2.75, 3.05) is 17.8 Å². The molecule has 0 aliphatic carbocycles. The van der Waals surface area contributed by atoms with Crippen LogP contribution in [0.15, 0.2) is 0 Å². The Bertz CT molecular complexity index is 164. The van der Waals surface area contributed by atoms with E-state index in [4.69, 9.17) is 5.11 Å². The van der Waals surface area contributed by atoms with Crippen molar-refractivity contribution in [3.8, 4) is 0 Å². The van der Waals surface area contributed by atoms with Gasteiger partial charge in [-0.3, -0.25) is 4.79 Å². The molecule has 0 aromatic heterocycles. The SMILES string of the molecule is CSC1(CC(=O)O)CCSCC1. The van der Waals surface area contributed by atoms with E-state index in [0.29, 0.717) is 6.42 Å². The number of carbonyl (C=O) groups is 1. The summed E-state index contributed by atoms with van der Waals surface area (Å²) in [5.74, 6) is 1.58. The summed E-state index contributed by atoms with van der Waals surface area (Å²) in [6, 6.07) is 0. The first-order valence-electron chi connectivity index (χ1n) is 4.03. The number of carboxylic acid groups (broad SMARTS) is 1. The van der Waals surface area contributed by atoms with Gasteiger partial charge in [-0.15, -0.1) is 0 Å². The Labute approximate surface area is 81.5 Å². The average Bonchev–Trinajstić information content (AvgIpc) is 2.05. The fourth-order valence-corrected chi connectivity index (χ4v) is 3.88. The second-order valence-corrected chi connectivity index (χ2v) is 5.57. The lowest BCUT2D eigenvalue weighted by atomic mass is 9.98. The van der Waals surface area contributed by atoms with Gasteiger partial charge in [0.25, 0.3) is 0 Å². The molecule has 70 valence electrons. The molecule has 0 amide bonds. The van der Waals surface area contributed by atoms with Crippen LogP contribution in [0.5, 0.6) is 0 Å². The molecule has 1 fully saturated rings. The van der Waals surface area contributed by atoms with Crippen molar-refractivity contribution < 1.29 is 9.90 Å². The van der Waals surface area contributed by atoms with E-state index in [2.05, 4.69) is 0 Å². The van der Waals surface area contributed by atoms with Crippen LogP contribution in [0.25, 0.3) is 0 Å². The number of hydrogen-bond donors (Lipinski definition) is 1. The van der Waals surface area contributed by atoms with Crippen LogP contribution in [0.3, 0.4) is 0 Å². The zero-order valence-corrected chi connectivity index (χ0v) is 8.84. The summed E-state index contributed by atoms with van der Waals surface area (Å²) in [4.78, 5) is 10.6. The molecule has 1 rings (SSSR count). The van der Waals surface area contributed by atoms with Crippen molar-refractivity contribution in [3.05, 3.63) is 0 Å². The van der Waals surface area contributed by atoms with E-state index >= 15 is 0 Å². The first-order valence-corrected chi connectivity index (χ1v) is 6.41. The molecule has 0 aromatic carbocycles. The van der Waals surface area contributed by atoms with E-state index in [1.807, 2.05) is 18.0 Å². The maximum atomic E-state index is 10.6. The second-order valence-electron chi connectivity index (χ2n) is 3.07. The minimum absolute atomic E-state index is 0.0388. The van der Waals surface area contributed by atoms with Crippen molar-refractivity contribution in [1.82, 2.24) is 0 Å². The lowest BCUT2D eigenvalue weighted by molar-refractivity contribution is -0.137. The van der Waals surface area contributed by atoms with Crippen molar-refractivity contribution in [3.63, 3.8) is 0 Å². The van der Waals surface area contributed by atoms with E-state index in [1.165, 1.54) is 0 Å². The molecular weight excluding hydrogens is 192 g/mol. The Morgan fingerprint density at radius 2 is 2.17 bits per heavy atom. The van der Waals surface area contributed by atoms with Crippen LogP contribution in [0.2, 0.25) is 0 Å². The molecule has 1 saturated heterocycles. The number of rotatable bonds is 3. The van der Waals surface area contributed by atoms with Crippen molar-refractivity contribution in [2.45, 2.75) is 24.0 Å². The quantitative estimate of drug-likeness (QED) is 0.767. The standard InChI is InChI=1S/C8H14O2S2/c1-11-8(6-7(9)10)2-4-12-5-3-8/h2-6H2,1H3,(H,9,10). The van der Waals surface area contributed by atoms with E-state index in [9.17, 15) is 4.79 Å². The molecule has 4 heteroatoms. The molecular formula is C8H14O2S2. The molecule has 0 atom stereocenters. The maximum absolute atomic E-state index is 10.6. The molecule has 0 aromatic rings. The van der Waals surface area contributed by atoms with Crippen LogP contribution < -0.4 is 0 Å². The molecule has 0 saturated carbocycles. The lowest BCUT2D eigenvalue weighted by Gasteiger charge is -2.33. The second kappa shape index (κ2) is 4.42. The Morgan fingerprint density at radius 3 is 2.58 bits per heavy atom. The monoisotopic (exact) mass is 206 g/mol. The molecule has 0 bridgehead atoms. The fourth-order valence-electron chi connectivity index (χ4n) is 1.47. The highest BCUT2D eigenvalue weighted by Crippen LogP contribution is 2.39. The summed E-state index contributed by atoms with van der Waals surface area (Å²) in [6.07, 6.45) is 4.45. The highest BCUT2D eigenvalue weighted by atomic mass is 32.2. The molecule has 1 aliphatic heterocycles. The van der Waals surface area contributed by atoms with Gasteiger partial charge >= 0.3 is 5.97 Å². The van der Waals surface area contributed by atoms with Gasteiger partial charge in [0, 0.05) is 4.75 Å². The third-order valence-corrected chi connectivity index (χ3v) is 4.71. The highest BCUT2D eigenvalue weighted by Gasteiger charge is 2.33. The summed E-state index contributed by atoms with van der Waals surface area (Å²) >= 11 is 3.66. The van der Waals surface area contributed by atoms with Gasteiger partial charge in [-0.1, -0.05) is 0 Å². The maximum Gasteiger partial charge on any atom is 0.304 e. The molecule has 0 radical (unpaired) electrons. The molecule has 2 nitrogen and oxygen atoms in total. The zero-order chi connectivity index (χ0) is 9.03. The van der Waals surface area contributed by atoms with Crippen LogP contribution in [0.4, 0.5) is 0 Å². The van der Waals surface area contributed by atoms with E-state index in [-0.39, 0.29) is 4.75 Å². The van der Waals surface area contributed by atoms with Gasteiger partial charge in [0.05, 0.1) is 6.42 Å². The smallest absolute Gasteiger partial charge is 0.304 e. The van der Waals surface area contributed by atoms with Crippen molar-refractivity contribution in [1.29, 1.82) is 0 Å². The Kier molecular flexibility index (Phi) is 3.77. The van der Waals surface area contributed by atoms with Crippen LogP contribution in [-0.2, 0) is 4.79 Å². The summed E-state index contributed by atoms with van der Waals surface area (Å²) in [6.45, 7) is 0. The van der Waals surface area contributed by atoms with Crippen LogP contribution in [0, 0.1) is 0 Å². The molecule has 1 N–H and O–H groups in total. The molecule has 1 heterocycles. The molecule has 0 unspecified atom stereocenters. The summed E-state index contributed by atoms with van der Waals surface area (Å²) < 4.78 is 0.0388. The topological polar surface area (TPSA) is 37.3 Å². The van der Waals surface area contributed by atoms with Gasteiger partial charge in [-0.05, 0) is 30.6 Å². The first-order chi connectivity index (χ1) is 5.68. The summed E-state index contributed by atoms with van der Waals surface area (Å²) in [7, 11) is 0. The number of aliphatic carboxylic acids is 1. The minimum atomic E-state index is -0.656. The zero-order valence-electron chi connectivity index (χ0n) is 7.21. The Balaban J connectivity index is 2.53. The number of carboxylic acids is 1. The average molecular weight is 206 g/mol. The lowest BCUT2D eigenvalue weighted by Crippen LogP contribution is -2.32. The van der Waals surface area contributed by atoms with Gasteiger partial charge in [0.15, 0.2) is 0 Å². The largest absolute Gasteiger partial charge is 0.481 e. The third-order valence-electron chi connectivity index (χ3n) is 2.31. The Hall–Kier alpha value is 0.170. The highest BCUT2D eigenvalue weighted by molar-refractivity contribution is 8.01. The van der Waals surface area contributed by atoms with Gasteiger partial charge in [0.2, 0.25) is 0 Å². The van der Waals surface area contributed by atoms with Crippen molar-refractivity contribution >= 4 is 29.5 Å². The van der Waals surface area contributed by atoms with Gasteiger partial charge in [0.1, 0.15) is 0 Å².